The lowest BCUT2D eigenvalue weighted by Crippen LogP contribution is -2.68. The molecule has 88 heavy (non-hydrogen) atoms. The van der Waals surface area contributed by atoms with Crippen molar-refractivity contribution in [2.24, 2.45) is 17.6 Å². The minimum atomic E-state index is -1.80. The maximum atomic E-state index is 14.0. The van der Waals surface area contributed by atoms with Crippen molar-refractivity contribution in [3.63, 3.8) is 0 Å². The molecule has 12 N–H and O–H groups in total. The number of ether oxygens (including phenoxy) is 9. The summed E-state index contributed by atoms with van der Waals surface area (Å²) in [6.45, 7) is 3.76. The Morgan fingerprint density at radius 3 is 1.61 bits per heavy atom. The third-order valence-electron chi connectivity index (χ3n) is 16.4. The number of carbonyl (C=O) groups is 4. The highest BCUT2D eigenvalue weighted by Gasteiger charge is 2.56. The predicted molar refractivity (Wildman–Crippen MR) is 313 cm³/mol. The summed E-state index contributed by atoms with van der Waals surface area (Å²) in [5, 5.41) is 89.5. The van der Waals surface area contributed by atoms with Gasteiger partial charge < -0.3 is 105 Å². The average Bonchev–Trinajstić information content (AvgIpc) is 1.64. The third kappa shape index (κ3) is 18.2. The van der Waals surface area contributed by atoms with Gasteiger partial charge in [-0.25, -0.2) is 14.4 Å². The molecule has 0 bridgehead atoms. The molecule has 0 spiro atoms. The van der Waals surface area contributed by atoms with E-state index < -0.39 is 146 Å². The molecule has 1 saturated carbocycles. The monoisotopic (exact) mass is 1230 g/mol. The highest BCUT2D eigenvalue weighted by molar-refractivity contribution is 5.80. The highest BCUT2D eigenvalue weighted by Crippen LogP contribution is 2.38. The van der Waals surface area contributed by atoms with E-state index in [1.165, 1.54) is 18.7 Å². The van der Waals surface area contributed by atoms with Crippen molar-refractivity contribution >= 4 is 24.2 Å². The number of hydrogen-bond acceptors (Lipinski definition) is 21. The fourth-order valence-corrected chi connectivity index (χ4v) is 11.2. The first-order valence-electron chi connectivity index (χ1n) is 30.0. The van der Waals surface area contributed by atoms with Crippen molar-refractivity contribution in [1.82, 2.24) is 20.9 Å². The van der Waals surface area contributed by atoms with Gasteiger partial charge in [0.2, 0.25) is 5.91 Å². The number of aliphatic hydroxyl groups is 7. The van der Waals surface area contributed by atoms with Gasteiger partial charge in [-0.05, 0) is 47.9 Å². The van der Waals surface area contributed by atoms with Gasteiger partial charge in [0, 0.05) is 31.5 Å². The van der Waals surface area contributed by atoms with Crippen LogP contribution >= 0.6 is 0 Å². The zero-order valence-corrected chi connectivity index (χ0v) is 49.5. The molecule has 4 aromatic carbocycles. The second kappa shape index (κ2) is 32.9. The minimum absolute atomic E-state index is 0.0398. The summed E-state index contributed by atoms with van der Waals surface area (Å²) >= 11 is 0. The molecule has 0 radical (unpaired) electrons. The van der Waals surface area contributed by atoms with Crippen molar-refractivity contribution in [2.45, 2.75) is 183 Å². The van der Waals surface area contributed by atoms with Gasteiger partial charge in [-0.3, -0.25) is 4.79 Å². The maximum Gasteiger partial charge on any atom is 0.410 e. The van der Waals surface area contributed by atoms with Gasteiger partial charge in [0.1, 0.15) is 87.0 Å². The Morgan fingerprint density at radius 2 is 1.06 bits per heavy atom. The van der Waals surface area contributed by atoms with Crippen molar-refractivity contribution in [2.75, 3.05) is 26.2 Å². The van der Waals surface area contributed by atoms with Crippen LogP contribution in [0.5, 0.6) is 0 Å². The summed E-state index contributed by atoms with van der Waals surface area (Å²) in [5.74, 6) is -2.86. The zero-order chi connectivity index (χ0) is 62.9. The Kier molecular flexibility index (Phi) is 25.2. The molecular formula is C63H85N5O20. The molecule has 20 atom stereocenters. The maximum absolute atomic E-state index is 14.0. The van der Waals surface area contributed by atoms with Gasteiger partial charge in [-0.1, -0.05) is 149 Å². The number of nitrogens with two attached hydrogens (primary N) is 1. The molecule has 4 fully saturated rings. The number of amides is 4. The fraction of sp³-hybridized carbons (Fsp3) is 0.556. The molecule has 4 aromatic rings. The number of nitrogens with zero attached hydrogens (tertiary/aromatic N) is 1. The molecule has 25 nitrogen and oxygen atoms in total. The van der Waals surface area contributed by atoms with Crippen molar-refractivity contribution in [3.05, 3.63) is 144 Å². The normalized spacial score (nSPS) is 31.6. The van der Waals surface area contributed by atoms with Crippen LogP contribution in [0, 0.1) is 11.8 Å². The molecule has 1 aliphatic carbocycles. The number of alkyl carbamates (subject to hydrolysis) is 2. The summed E-state index contributed by atoms with van der Waals surface area (Å²) in [6, 6.07) is 33.8. The summed E-state index contributed by atoms with van der Waals surface area (Å²) in [5.41, 5.74) is 9.37. The first-order valence-corrected chi connectivity index (χ1v) is 30.0. The lowest BCUT2D eigenvalue weighted by Gasteiger charge is -2.49. The standard InChI is InChI=1S/C63H85N5O20/c1-4-18-44(69)57(76)66-42-29-43(67-62(78)81-34-40-23-13-7-14-24-40)54(86-59-37(3)49(71)52(74)47(85-59)32-68(28-17-27-38-19-9-5-10-20-38)63(79)82-35-41-25-15-8-16-26-41)56(50(42)72)88-60-53(75)55(45(30-64)83-60)87-58-36(2)48(70)51(73)46(84-58)31-65-61(77)80-33-39-21-11-6-12-22-39/h5-16,19-26,36-37,42-56,58-60,69-75H,4,17-18,27-35,64H2,1-3H3,(H,65,77)(H,66,76)(H,67,78)/t36-,37-,42-,43+,44+,45-,46+,47-,48-,49-,50+,51-,52-,53-,54-,55-,56-,58-,59-,60+/m1/s1. The fourth-order valence-electron chi connectivity index (χ4n) is 11.2. The van der Waals surface area contributed by atoms with Crippen LogP contribution in [0.4, 0.5) is 14.4 Å². The Hall–Kier alpha value is -6.40. The van der Waals surface area contributed by atoms with E-state index in [1.807, 2.05) is 54.6 Å². The molecular weight excluding hydrogens is 1150 g/mol. The summed E-state index contributed by atoms with van der Waals surface area (Å²) in [4.78, 5) is 55.7. The van der Waals surface area contributed by atoms with Crippen LogP contribution in [0.3, 0.4) is 0 Å². The number of carbonyl (C=O) groups excluding carboxylic acids is 4. The Balaban J connectivity index is 1.05. The molecule has 3 aliphatic heterocycles. The second-order valence-corrected chi connectivity index (χ2v) is 22.8. The lowest BCUT2D eigenvalue weighted by atomic mass is 9.82. The van der Waals surface area contributed by atoms with Crippen LogP contribution in [0.1, 0.15) is 68.7 Å². The molecule has 0 aromatic heterocycles. The lowest BCUT2D eigenvalue weighted by molar-refractivity contribution is -0.320. The van der Waals surface area contributed by atoms with E-state index in [4.69, 9.17) is 48.4 Å². The number of benzene rings is 4. The van der Waals surface area contributed by atoms with E-state index in [0.29, 0.717) is 24.8 Å². The average molecular weight is 1230 g/mol. The van der Waals surface area contributed by atoms with Gasteiger partial charge in [0.15, 0.2) is 18.9 Å². The van der Waals surface area contributed by atoms with Crippen molar-refractivity contribution in [1.29, 1.82) is 0 Å². The van der Waals surface area contributed by atoms with Gasteiger partial charge in [0.25, 0.3) is 0 Å². The highest BCUT2D eigenvalue weighted by atomic mass is 16.8. The smallest absolute Gasteiger partial charge is 0.410 e. The summed E-state index contributed by atoms with van der Waals surface area (Å²) in [7, 11) is 0. The van der Waals surface area contributed by atoms with Crippen LogP contribution in [0.2, 0.25) is 0 Å². The molecule has 4 amide bonds. The number of hydrogen-bond donors (Lipinski definition) is 11. The topological polar surface area (TPSA) is 358 Å². The number of nitrogens with one attached hydrogen (secondary N) is 3. The largest absolute Gasteiger partial charge is 0.445 e. The summed E-state index contributed by atoms with van der Waals surface area (Å²) in [6.07, 6.45) is -25.6. The second-order valence-electron chi connectivity index (χ2n) is 22.8. The quantitative estimate of drug-likeness (QED) is 0.0402. The minimum Gasteiger partial charge on any atom is -0.445 e. The first kappa shape index (κ1) is 67.5. The van der Waals surface area contributed by atoms with E-state index in [2.05, 4.69) is 16.0 Å². The Morgan fingerprint density at radius 1 is 0.568 bits per heavy atom. The van der Waals surface area contributed by atoms with Gasteiger partial charge in [-0.15, -0.1) is 0 Å². The van der Waals surface area contributed by atoms with E-state index in [0.717, 1.165) is 16.7 Å². The third-order valence-corrected chi connectivity index (χ3v) is 16.4. The van der Waals surface area contributed by atoms with E-state index in [1.54, 1.807) is 73.7 Å². The first-order chi connectivity index (χ1) is 42.4. The summed E-state index contributed by atoms with van der Waals surface area (Å²) < 4.78 is 55.4. The molecule has 3 saturated heterocycles. The van der Waals surface area contributed by atoms with E-state index in [-0.39, 0.29) is 58.8 Å². The molecule has 8 rings (SSSR count). The van der Waals surface area contributed by atoms with Crippen LogP contribution < -0.4 is 21.7 Å². The van der Waals surface area contributed by atoms with Crippen LogP contribution in [-0.4, -0.2) is 201 Å². The van der Waals surface area contributed by atoms with Crippen LogP contribution in [-0.2, 0) is 73.7 Å². The number of aryl methyl sites for hydroxylation is 1. The van der Waals surface area contributed by atoms with Gasteiger partial charge >= 0.3 is 18.3 Å². The molecule has 482 valence electrons. The van der Waals surface area contributed by atoms with Crippen LogP contribution in [0.15, 0.2) is 121 Å². The van der Waals surface area contributed by atoms with Crippen molar-refractivity contribution in [3.8, 4) is 0 Å². The molecule has 25 heteroatoms. The zero-order valence-electron chi connectivity index (χ0n) is 49.5. The predicted octanol–water partition coefficient (Wildman–Crippen LogP) is 2.26. The number of aliphatic hydroxyl groups excluding tert-OH is 7. The van der Waals surface area contributed by atoms with Gasteiger partial charge in [0.05, 0.1) is 30.8 Å². The van der Waals surface area contributed by atoms with E-state index >= 15 is 0 Å². The number of rotatable bonds is 26. The van der Waals surface area contributed by atoms with Crippen molar-refractivity contribution < 1.29 is 97.6 Å². The SMILES string of the molecule is CCC[C@H](O)C(=O)N[C@@H]1C[C@H](NC(=O)OCc2ccccc2)[C@@H](O[C@H]2O[C@H](CN(CCCc3ccccc3)C(=O)OCc3ccccc3)[C@@H](O)[C@H](O)[C@H]2C)[C@H](O[C@@H]2O[C@H](CN)[C@@H](O[C@H]3O[C@@H](CNC(=O)OCc4ccccc4)[C@@H](O)[C@H](O)[C@H]3C)[C@H]2O)[C@H]1O. The molecule has 4 aliphatic rings. The molecule has 3 heterocycles. The van der Waals surface area contributed by atoms with E-state index in [9.17, 15) is 54.9 Å². The Bertz CT molecular complexity index is 2770. The molecule has 0 unspecified atom stereocenters. The van der Waals surface area contributed by atoms with Crippen LogP contribution in [0.25, 0.3) is 0 Å². The van der Waals surface area contributed by atoms with Gasteiger partial charge in [-0.2, -0.15) is 0 Å². The Labute approximate surface area is 511 Å².